The van der Waals surface area contributed by atoms with Crippen LogP contribution in [0.3, 0.4) is 0 Å². The molecule has 2 N–H and O–H groups in total. The number of amides is 1. The molecule has 2 aromatic carbocycles. The Morgan fingerprint density at radius 1 is 1.24 bits per heavy atom. The highest BCUT2D eigenvalue weighted by atomic mass is 16.1. The molecule has 3 rings (SSSR count). The maximum Gasteiger partial charge on any atom is 0.229 e. The van der Waals surface area contributed by atoms with Crippen LogP contribution in [0.2, 0.25) is 0 Å². The minimum Gasteiger partial charge on any atom is -0.310 e. The van der Waals surface area contributed by atoms with Crippen LogP contribution in [-0.2, 0) is 11.2 Å². The zero-order valence-electron chi connectivity index (χ0n) is 11.1. The molecule has 102 valence electrons. The largest absolute Gasteiger partial charge is 0.310 e. The number of carbonyl (C=O) groups excluding carboxylic acids is 1. The van der Waals surface area contributed by atoms with Gasteiger partial charge < -0.3 is 5.32 Å². The molecule has 0 atom stereocenters. The highest BCUT2D eigenvalue weighted by Gasteiger charge is 2.09. The van der Waals surface area contributed by atoms with Crippen molar-refractivity contribution in [2.45, 2.75) is 6.42 Å². The van der Waals surface area contributed by atoms with Gasteiger partial charge in [0.2, 0.25) is 5.91 Å². The van der Waals surface area contributed by atoms with Crippen LogP contribution < -0.4 is 5.32 Å². The van der Waals surface area contributed by atoms with Crippen LogP contribution in [-0.4, -0.2) is 16.1 Å². The number of aromatic amines is 1. The summed E-state index contributed by atoms with van der Waals surface area (Å²) in [6, 6.07) is 15.9. The van der Waals surface area contributed by atoms with Crippen molar-refractivity contribution >= 4 is 22.5 Å². The molecule has 0 saturated carbocycles. The number of carbonyl (C=O) groups is 1. The van der Waals surface area contributed by atoms with E-state index < -0.39 is 0 Å². The quantitative estimate of drug-likeness (QED) is 0.771. The Morgan fingerprint density at radius 2 is 2.05 bits per heavy atom. The first-order valence-corrected chi connectivity index (χ1v) is 6.47. The highest BCUT2D eigenvalue weighted by Crippen LogP contribution is 2.16. The third kappa shape index (κ3) is 2.74. The SMILES string of the molecule is N#Cc1cn[nH]c1NC(=O)Cc1ccc2ccccc2c1. The van der Waals surface area contributed by atoms with E-state index in [1.165, 1.54) is 6.20 Å². The Hall–Kier alpha value is -3.13. The summed E-state index contributed by atoms with van der Waals surface area (Å²) in [7, 11) is 0. The van der Waals surface area contributed by atoms with Crippen molar-refractivity contribution in [3.05, 3.63) is 59.8 Å². The lowest BCUT2D eigenvalue weighted by atomic mass is 10.0. The van der Waals surface area contributed by atoms with Gasteiger partial charge in [-0.2, -0.15) is 10.4 Å². The third-order valence-electron chi connectivity index (χ3n) is 3.20. The van der Waals surface area contributed by atoms with E-state index in [4.69, 9.17) is 5.26 Å². The number of hydrogen-bond donors (Lipinski definition) is 2. The summed E-state index contributed by atoms with van der Waals surface area (Å²) in [6.07, 6.45) is 1.63. The molecule has 0 aliphatic carbocycles. The van der Waals surface area contributed by atoms with Gasteiger partial charge in [0.1, 0.15) is 17.5 Å². The van der Waals surface area contributed by atoms with E-state index in [9.17, 15) is 4.79 Å². The van der Waals surface area contributed by atoms with Crippen LogP contribution >= 0.6 is 0 Å². The summed E-state index contributed by atoms with van der Waals surface area (Å²) in [4.78, 5) is 12.0. The second-order valence-corrected chi connectivity index (χ2v) is 4.68. The van der Waals surface area contributed by atoms with Gasteiger partial charge in [-0.25, -0.2) is 0 Å². The Labute approximate surface area is 121 Å². The summed E-state index contributed by atoms with van der Waals surface area (Å²) in [6.45, 7) is 0. The van der Waals surface area contributed by atoms with Crippen LogP contribution in [0.4, 0.5) is 5.82 Å². The smallest absolute Gasteiger partial charge is 0.229 e. The third-order valence-corrected chi connectivity index (χ3v) is 3.20. The van der Waals surface area contributed by atoms with E-state index in [0.717, 1.165) is 16.3 Å². The van der Waals surface area contributed by atoms with Crippen LogP contribution in [0.5, 0.6) is 0 Å². The van der Waals surface area contributed by atoms with Gasteiger partial charge in [-0.3, -0.25) is 9.89 Å². The molecule has 0 aliphatic heterocycles. The second kappa shape index (κ2) is 5.47. The van der Waals surface area contributed by atoms with E-state index in [0.29, 0.717) is 11.4 Å². The fourth-order valence-corrected chi connectivity index (χ4v) is 2.18. The van der Waals surface area contributed by atoms with E-state index in [1.807, 2.05) is 48.5 Å². The van der Waals surface area contributed by atoms with Crippen LogP contribution in [0.15, 0.2) is 48.7 Å². The van der Waals surface area contributed by atoms with Crippen LogP contribution in [0, 0.1) is 11.3 Å². The molecular formula is C16H12N4O. The normalized spacial score (nSPS) is 10.2. The number of rotatable bonds is 3. The number of H-pyrrole nitrogens is 1. The number of fused-ring (bicyclic) bond motifs is 1. The molecule has 0 saturated heterocycles. The fourth-order valence-electron chi connectivity index (χ4n) is 2.18. The average molecular weight is 276 g/mol. The molecule has 0 fully saturated rings. The average Bonchev–Trinajstić information content (AvgIpc) is 2.94. The van der Waals surface area contributed by atoms with Gasteiger partial charge in [-0.15, -0.1) is 0 Å². The second-order valence-electron chi connectivity index (χ2n) is 4.68. The van der Waals surface area contributed by atoms with Crippen molar-refractivity contribution < 1.29 is 4.79 Å². The van der Waals surface area contributed by atoms with Gasteiger partial charge in [0.25, 0.3) is 0 Å². The van der Waals surface area contributed by atoms with E-state index >= 15 is 0 Å². The zero-order valence-corrected chi connectivity index (χ0v) is 11.1. The Morgan fingerprint density at radius 3 is 2.86 bits per heavy atom. The highest BCUT2D eigenvalue weighted by molar-refractivity contribution is 5.93. The molecule has 0 unspecified atom stereocenters. The number of anilines is 1. The standard InChI is InChI=1S/C16H12N4O/c17-9-14-10-18-20-16(14)19-15(21)8-11-5-6-12-3-1-2-4-13(12)7-11/h1-7,10H,8H2,(H2,18,19,20,21). The molecule has 1 amide bonds. The number of nitriles is 1. The molecule has 0 bridgehead atoms. The van der Waals surface area contributed by atoms with Gasteiger partial charge in [-0.05, 0) is 16.3 Å². The monoisotopic (exact) mass is 276 g/mol. The predicted molar refractivity (Wildman–Crippen MR) is 79.6 cm³/mol. The maximum absolute atomic E-state index is 12.0. The molecule has 0 aliphatic rings. The van der Waals surface area contributed by atoms with Crippen molar-refractivity contribution in [3.8, 4) is 6.07 Å². The molecule has 3 aromatic rings. The van der Waals surface area contributed by atoms with Gasteiger partial charge in [0.15, 0.2) is 0 Å². The van der Waals surface area contributed by atoms with Crippen molar-refractivity contribution in [2.75, 3.05) is 5.32 Å². The molecular weight excluding hydrogens is 264 g/mol. The number of benzene rings is 2. The minimum absolute atomic E-state index is 0.189. The Balaban J connectivity index is 1.76. The lowest BCUT2D eigenvalue weighted by Crippen LogP contribution is -2.15. The Bertz CT molecular complexity index is 845. The van der Waals surface area contributed by atoms with Crippen molar-refractivity contribution in [1.29, 1.82) is 5.26 Å². The Kier molecular flexibility index (Phi) is 3.36. The first-order valence-electron chi connectivity index (χ1n) is 6.47. The summed E-state index contributed by atoms with van der Waals surface area (Å²) >= 11 is 0. The van der Waals surface area contributed by atoms with E-state index in [-0.39, 0.29) is 12.3 Å². The van der Waals surface area contributed by atoms with Gasteiger partial charge in [0.05, 0.1) is 12.6 Å². The lowest BCUT2D eigenvalue weighted by Gasteiger charge is -2.05. The first kappa shape index (κ1) is 12.9. The van der Waals surface area contributed by atoms with Crippen molar-refractivity contribution in [1.82, 2.24) is 10.2 Å². The van der Waals surface area contributed by atoms with Crippen LogP contribution in [0.25, 0.3) is 10.8 Å². The first-order chi connectivity index (χ1) is 10.3. The molecule has 1 heterocycles. The fraction of sp³-hybridized carbons (Fsp3) is 0.0625. The number of nitrogens with one attached hydrogen (secondary N) is 2. The summed E-state index contributed by atoms with van der Waals surface area (Å²) in [5.41, 5.74) is 1.24. The van der Waals surface area contributed by atoms with Gasteiger partial charge in [0, 0.05) is 0 Å². The van der Waals surface area contributed by atoms with Crippen LogP contribution in [0.1, 0.15) is 11.1 Å². The van der Waals surface area contributed by atoms with E-state index in [1.54, 1.807) is 0 Å². The number of aromatic nitrogens is 2. The molecule has 0 spiro atoms. The molecule has 5 nitrogen and oxygen atoms in total. The zero-order chi connectivity index (χ0) is 14.7. The molecule has 5 heteroatoms. The number of nitrogens with zero attached hydrogens (tertiary/aromatic N) is 2. The lowest BCUT2D eigenvalue weighted by molar-refractivity contribution is -0.115. The summed E-state index contributed by atoms with van der Waals surface area (Å²) in [5, 5.41) is 20.1. The number of hydrogen-bond acceptors (Lipinski definition) is 3. The minimum atomic E-state index is -0.189. The predicted octanol–water partition coefficient (Wildman–Crippen LogP) is 2.62. The molecule has 21 heavy (non-hydrogen) atoms. The maximum atomic E-state index is 12.0. The molecule has 0 radical (unpaired) electrons. The summed E-state index contributed by atoms with van der Waals surface area (Å²) < 4.78 is 0. The topological polar surface area (TPSA) is 81.6 Å². The van der Waals surface area contributed by atoms with Gasteiger partial charge >= 0.3 is 0 Å². The summed E-state index contributed by atoms with van der Waals surface area (Å²) in [5.74, 6) is 0.148. The van der Waals surface area contributed by atoms with Gasteiger partial charge in [-0.1, -0.05) is 42.5 Å². The van der Waals surface area contributed by atoms with Crippen molar-refractivity contribution in [2.24, 2.45) is 0 Å². The molecule has 1 aromatic heterocycles. The van der Waals surface area contributed by atoms with E-state index in [2.05, 4.69) is 15.5 Å². The van der Waals surface area contributed by atoms with Crippen molar-refractivity contribution in [3.63, 3.8) is 0 Å².